The van der Waals surface area contributed by atoms with Gasteiger partial charge in [0.25, 0.3) is 0 Å². The molecule has 3 aromatic rings. The van der Waals surface area contributed by atoms with Gasteiger partial charge in [-0.15, -0.1) is 0 Å². The Morgan fingerprint density at radius 3 is 2.70 bits per heavy atom. The average Bonchev–Trinajstić information content (AvgIpc) is 2.90. The molecule has 142 valence electrons. The van der Waals surface area contributed by atoms with Gasteiger partial charge in [-0.25, -0.2) is 14.8 Å². The third-order valence-corrected chi connectivity index (χ3v) is 5.05. The van der Waals surface area contributed by atoms with E-state index < -0.39 is 5.97 Å². The lowest BCUT2D eigenvalue weighted by molar-refractivity contribution is -0.0682. The van der Waals surface area contributed by atoms with E-state index in [9.17, 15) is 4.79 Å². The smallest absolute Gasteiger partial charge is 0.344 e. The van der Waals surface area contributed by atoms with Crippen LogP contribution in [0.25, 0.3) is 22.2 Å². The number of nitrogen functional groups attached to an aromatic ring is 1. The largest absolute Gasteiger partial charge is 0.462 e. The van der Waals surface area contributed by atoms with E-state index in [0.717, 1.165) is 23.9 Å². The number of hydrogen-bond acceptors (Lipinski definition) is 6. The van der Waals surface area contributed by atoms with Gasteiger partial charge >= 0.3 is 5.97 Å². The second-order valence-corrected chi connectivity index (χ2v) is 7.49. The molecule has 1 aliphatic rings. The molecule has 0 aliphatic carbocycles. The Morgan fingerprint density at radius 1 is 1.33 bits per heavy atom. The zero-order valence-corrected chi connectivity index (χ0v) is 15.9. The van der Waals surface area contributed by atoms with E-state index in [0.29, 0.717) is 29.2 Å². The molecular formula is C20H24N4O3. The molecule has 0 amide bonds. The molecule has 1 aromatic carbocycles. The molecule has 0 radical (unpaired) electrons. The van der Waals surface area contributed by atoms with E-state index in [1.165, 1.54) is 0 Å². The van der Waals surface area contributed by atoms with Crippen LogP contribution >= 0.6 is 0 Å². The molecule has 7 nitrogen and oxygen atoms in total. The van der Waals surface area contributed by atoms with Gasteiger partial charge in [0.1, 0.15) is 16.9 Å². The Bertz CT molecular complexity index is 1020. The van der Waals surface area contributed by atoms with Crippen LogP contribution < -0.4 is 5.73 Å². The summed E-state index contributed by atoms with van der Waals surface area (Å²) in [5, 5.41) is 0. The van der Waals surface area contributed by atoms with Crippen molar-refractivity contribution in [1.29, 1.82) is 0 Å². The van der Waals surface area contributed by atoms with Crippen molar-refractivity contribution in [3.05, 3.63) is 29.8 Å². The average molecular weight is 368 g/mol. The van der Waals surface area contributed by atoms with Crippen LogP contribution in [0.3, 0.4) is 0 Å². The van der Waals surface area contributed by atoms with Crippen molar-refractivity contribution < 1.29 is 14.3 Å². The summed E-state index contributed by atoms with van der Waals surface area (Å²) >= 11 is 0. The minimum atomic E-state index is -0.463. The van der Waals surface area contributed by atoms with Crippen molar-refractivity contribution in [3.63, 3.8) is 0 Å². The number of nitrogens with zero attached hydrogens (tertiary/aromatic N) is 3. The van der Waals surface area contributed by atoms with Crippen LogP contribution in [0, 0.1) is 0 Å². The van der Waals surface area contributed by atoms with Gasteiger partial charge in [0, 0.05) is 12.6 Å². The Morgan fingerprint density at radius 2 is 2.04 bits per heavy atom. The van der Waals surface area contributed by atoms with Crippen LogP contribution in [0.1, 0.15) is 50.0 Å². The molecule has 0 saturated carbocycles. The molecule has 1 aliphatic heterocycles. The number of benzene rings is 1. The van der Waals surface area contributed by atoms with Gasteiger partial charge in [-0.05, 0) is 45.7 Å². The number of rotatable bonds is 3. The van der Waals surface area contributed by atoms with Crippen LogP contribution in [-0.2, 0) is 9.47 Å². The molecule has 1 saturated heterocycles. The molecule has 0 bridgehead atoms. The number of para-hydroxylation sites is 2. The molecule has 3 heterocycles. The van der Waals surface area contributed by atoms with Crippen molar-refractivity contribution in [1.82, 2.24) is 14.5 Å². The first-order valence-corrected chi connectivity index (χ1v) is 9.28. The predicted octanol–water partition coefficient (Wildman–Crippen LogP) is 3.47. The van der Waals surface area contributed by atoms with Gasteiger partial charge in [0.2, 0.25) is 0 Å². The van der Waals surface area contributed by atoms with E-state index in [1.807, 2.05) is 28.8 Å². The van der Waals surface area contributed by atoms with Crippen molar-refractivity contribution in [2.24, 2.45) is 0 Å². The van der Waals surface area contributed by atoms with E-state index in [4.69, 9.17) is 25.2 Å². The highest BCUT2D eigenvalue weighted by Crippen LogP contribution is 2.38. The number of ether oxygens (including phenoxy) is 2. The molecule has 7 heteroatoms. The minimum Gasteiger partial charge on any atom is -0.462 e. The molecule has 0 spiro atoms. The van der Waals surface area contributed by atoms with Crippen LogP contribution in [-0.4, -0.2) is 39.3 Å². The summed E-state index contributed by atoms with van der Waals surface area (Å²) in [6, 6.07) is 7.68. The fourth-order valence-electron chi connectivity index (χ4n) is 3.88. The van der Waals surface area contributed by atoms with E-state index in [2.05, 4.69) is 13.8 Å². The summed E-state index contributed by atoms with van der Waals surface area (Å²) in [4.78, 5) is 22.1. The van der Waals surface area contributed by atoms with Crippen LogP contribution in [0.4, 0.5) is 5.82 Å². The maximum absolute atomic E-state index is 12.6. The van der Waals surface area contributed by atoms with Crippen molar-refractivity contribution in [2.75, 3.05) is 18.9 Å². The maximum Gasteiger partial charge on any atom is 0.344 e. The molecule has 2 N–H and O–H groups in total. The normalized spacial score (nSPS) is 19.4. The SMILES string of the molecule is CCOC(=O)c1c(N)n([C@@H]2CCOC(C)(C)C2)c2nc3ccccc3nc12. The zero-order chi connectivity index (χ0) is 19.2. The zero-order valence-electron chi connectivity index (χ0n) is 15.9. The Hall–Kier alpha value is -2.67. The monoisotopic (exact) mass is 368 g/mol. The predicted molar refractivity (Wildman–Crippen MR) is 104 cm³/mol. The minimum absolute atomic E-state index is 0.0786. The molecule has 4 rings (SSSR count). The standard InChI is InChI=1S/C20H24N4O3/c1-4-26-19(25)15-16-18(23-14-8-6-5-7-13(14)22-16)24(17(15)21)12-9-10-27-20(2,3)11-12/h5-8,12H,4,9-11,21H2,1-3H3/t12-/m1/s1. The third-order valence-electron chi connectivity index (χ3n) is 5.05. The van der Waals surface area contributed by atoms with Gasteiger partial charge in [-0.1, -0.05) is 12.1 Å². The number of carbonyl (C=O) groups excluding carboxylic acids is 1. The van der Waals surface area contributed by atoms with E-state index >= 15 is 0 Å². The first-order chi connectivity index (χ1) is 12.9. The lowest BCUT2D eigenvalue weighted by Gasteiger charge is -2.36. The summed E-state index contributed by atoms with van der Waals surface area (Å²) in [6.07, 6.45) is 1.58. The van der Waals surface area contributed by atoms with E-state index in [1.54, 1.807) is 6.92 Å². The molecule has 0 unspecified atom stereocenters. The number of fused-ring (bicyclic) bond motifs is 2. The Balaban J connectivity index is 1.98. The molecular weight excluding hydrogens is 344 g/mol. The first kappa shape index (κ1) is 17.7. The Labute approximate surface area is 157 Å². The number of hydrogen-bond donors (Lipinski definition) is 1. The second-order valence-electron chi connectivity index (χ2n) is 7.49. The molecule has 2 aromatic heterocycles. The number of aromatic nitrogens is 3. The number of anilines is 1. The third kappa shape index (κ3) is 3.02. The van der Waals surface area contributed by atoms with Crippen molar-refractivity contribution in [3.8, 4) is 0 Å². The van der Waals surface area contributed by atoms with Crippen molar-refractivity contribution >= 4 is 34.0 Å². The topological polar surface area (TPSA) is 92.3 Å². The van der Waals surface area contributed by atoms with Crippen LogP contribution in [0.15, 0.2) is 24.3 Å². The van der Waals surface area contributed by atoms with E-state index in [-0.39, 0.29) is 18.2 Å². The highest BCUT2D eigenvalue weighted by atomic mass is 16.5. The highest BCUT2D eigenvalue weighted by molar-refractivity contribution is 6.08. The summed E-state index contributed by atoms with van der Waals surface area (Å²) in [5.74, 6) is -0.101. The summed E-state index contributed by atoms with van der Waals surface area (Å²) in [6.45, 7) is 6.81. The number of nitrogens with two attached hydrogens (primary N) is 1. The van der Waals surface area contributed by atoms with Gasteiger partial charge in [-0.2, -0.15) is 0 Å². The lowest BCUT2D eigenvalue weighted by Crippen LogP contribution is -2.35. The summed E-state index contributed by atoms with van der Waals surface area (Å²) in [7, 11) is 0. The van der Waals surface area contributed by atoms with Crippen molar-refractivity contribution in [2.45, 2.75) is 45.3 Å². The molecule has 1 atom stereocenters. The first-order valence-electron chi connectivity index (χ1n) is 9.28. The van der Waals surface area contributed by atoms with Gasteiger partial charge in [-0.3, -0.25) is 0 Å². The van der Waals surface area contributed by atoms with Gasteiger partial charge < -0.3 is 19.8 Å². The van der Waals surface area contributed by atoms with Gasteiger partial charge in [0.05, 0.1) is 23.2 Å². The fourth-order valence-corrected chi connectivity index (χ4v) is 3.88. The number of carbonyl (C=O) groups is 1. The van der Waals surface area contributed by atoms with Crippen LogP contribution in [0.2, 0.25) is 0 Å². The highest BCUT2D eigenvalue weighted by Gasteiger charge is 2.34. The number of esters is 1. The Kier molecular flexibility index (Phi) is 4.26. The second kappa shape index (κ2) is 6.49. The van der Waals surface area contributed by atoms with Gasteiger partial charge in [0.15, 0.2) is 5.65 Å². The maximum atomic E-state index is 12.6. The quantitative estimate of drug-likeness (QED) is 0.712. The lowest BCUT2D eigenvalue weighted by atomic mass is 9.94. The van der Waals surface area contributed by atoms with Crippen LogP contribution in [0.5, 0.6) is 0 Å². The molecule has 1 fully saturated rings. The molecule has 27 heavy (non-hydrogen) atoms. The fraction of sp³-hybridized carbons (Fsp3) is 0.450. The summed E-state index contributed by atoms with van der Waals surface area (Å²) < 4.78 is 13.0. The summed E-state index contributed by atoms with van der Waals surface area (Å²) in [5.41, 5.74) is 9.12.